The molecule has 0 atom stereocenters. The maximum Gasteiger partial charge on any atom is 0.335 e. The molecule has 1 amide bonds. The smallest absolute Gasteiger partial charge is 0.332 e. The Morgan fingerprint density at radius 2 is 1.73 bits per heavy atom. The Labute approximate surface area is 304 Å². The molecule has 0 unspecified atom stereocenters. The molecule has 8 rings (SSSR count). The van der Waals surface area contributed by atoms with E-state index >= 15 is 0 Å². The van der Waals surface area contributed by atoms with E-state index in [1.54, 1.807) is 44.5 Å². The van der Waals surface area contributed by atoms with Crippen LogP contribution in [0, 0.1) is 17.0 Å². The minimum absolute atomic E-state index is 0.0337. The number of pyridine rings is 1. The van der Waals surface area contributed by atoms with Gasteiger partial charge in [0.05, 0.1) is 18.8 Å². The summed E-state index contributed by atoms with van der Waals surface area (Å²) in [6.45, 7) is 10.4. The van der Waals surface area contributed by atoms with Crippen LogP contribution in [-0.2, 0) is 19.5 Å². The molecule has 0 aliphatic carbocycles. The maximum absolute atomic E-state index is 14.8. The van der Waals surface area contributed by atoms with Gasteiger partial charge in [-0.05, 0) is 72.7 Å². The lowest BCUT2D eigenvalue weighted by Gasteiger charge is -2.36. The topological polar surface area (TPSA) is 94.1 Å². The summed E-state index contributed by atoms with van der Waals surface area (Å²) in [6, 6.07) is 14.3. The fraction of sp³-hybridized carbons (Fsp3) is 0.359. The Balaban J connectivity index is 1.07. The van der Waals surface area contributed by atoms with Crippen LogP contribution in [0.1, 0.15) is 66.8 Å². The number of imidazole rings is 1. The Bertz CT molecular complexity index is 2390. The summed E-state index contributed by atoms with van der Waals surface area (Å²) < 4.78 is 33.7. The van der Waals surface area contributed by atoms with E-state index in [1.807, 2.05) is 16.7 Å². The van der Waals surface area contributed by atoms with Crippen LogP contribution in [0.5, 0.6) is 0 Å². The number of piperidine rings is 1. The molecule has 13 heteroatoms. The first-order valence-electron chi connectivity index (χ1n) is 17.6. The second kappa shape index (κ2) is 13.2. The summed E-state index contributed by atoms with van der Waals surface area (Å²) in [6.07, 6.45) is 5.31. The molecule has 0 N–H and O–H groups in total. The average molecular weight is 725 g/mol. The first-order valence-corrected chi connectivity index (χ1v) is 18.0. The van der Waals surface area contributed by atoms with Crippen LogP contribution in [0.2, 0.25) is 5.15 Å². The van der Waals surface area contributed by atoms with Crippen molar-refractivity contribution in [2.24, 2.45) is 5.41 Å². The van der Waals surface area contributed by atoms with Gasteiger partial charge in [-0.2, -0.15) is 0 Å². The number of halogens is 3. The zero-order valence-electron chi connectivity index (χ0n) is 29.3. The number of carbonyl (C=O) groups excluding carboxylic acids is 1. The van der Waals surface area contributed by atoms with Crippen molar-refractivity contribution in [2.75, 3.05) is 26.2 Å². The zero-order valence-corrected chi connectivity index (χ0v) is 30.1. The van der Waals surface area contributed by atoms with Gasteiger partial charge in [0.1, 0.15) is 29.1 Å². The first kappa shape index (κ1) is 34.2. The monoisotopic (exact) mass is 724 g/mol. The minimum Gasteiger partial charge on any atom is -0.332 e. The van der Waals surface area contributed by atoms with E-state index in [9.17, 15) is 18.4 Å². The molecule has 1 saturated heterocycles. The molecule has 10 nitrogen and oxygen atoms in total. The lowest BCUT2D eigenvalue weighted by molar-refractivity contribution is 0.0730. The van der Waals surface area contributed by atoms with Crippen LogP contribution in [0.25, 0.3) is 27.9 Å². The molecule has 52 heavy (non-hydrogen) atoms. The van der Waals surface area contributed by atoms with Gasteiger partial charge >= 0.3 is 5.69 Å². The number of aromatic nitrogens is 6. The van der Waals surface area contributed by atoms with Gasteiger partial charge in [-0.15, -0.1) is 0 Å². The van der Waals surface area contributed by atoms with Crippen molar-refractivity contribution in [3.63, 3.8) is 0 Å². The van der Waals surface area contributed by atoms with Crippen LogP contribution in [0.4, 0.5) is 8.78 Å². The molecular weight excluding hydrogens is 686 g/mol. The standard InChI is InChI=1S/C39H39ClF2N8O2/c1-39(2,3)22-46-16-12-28(13-17-46)50-36-33(34(40)44-23-45-36)49(38(50)52)27-10-7-24(8-11-27)37(51)47-18-14-29-30-5-4-15-43-35(30)48(32(29)21-47)20-25-6-9-26(41)19-31(25)42/h4-11,15,19,23,28H,12-14,16-18,20-22H2,1-3H3. The van der Waals surface area contributed by atoms with E-state index in [-0.39, 0.29) is 34.8 Å². The number of fused-ring (bicyclic) bond motifs is 4. The molecule has 6 aromatic rings. The second-order valence-corrected chi connectivity index (χ2v) is 15.4. The highest BCUT2D eigenvalue weighted by Crippen LogP contribution is 2.33. The van der Waals surface area contributed by atoms with Crippen molar-refractivity contribution in [3.05, 3.63) is 117 Å². The highest BCUT2D eigenvalue weighted by Gasteiger charge is 2.31. The zero-order chi connectivity index (χ0) is 36.3. The van der Waals surface area contributed by atoms with Crippen LogP contribution < -0.4 is 5.69 Å². The highest BCUT2D eigenvalue weighted by atomic mass is 35.5. The molecule has 1 fully saturated rings. The molecule has 0 saturated carbocycles. The number of amides is 1. The van der Waals surface area contributed by atoms with Crippen LogP contribution in [-0.4, -0.2) is 70.5 Å². The summed E-state index contributed by atoms with van der Waals surface area (Å²) in [4.78, 5) is 45.7. The molecule has 2 aliphatic rings. The number of nitrogens with zero attached hydrogens (tertiary/aromatic N) is 8. The summed E-state index contributed by atoms with van der Waals surface area (Å²) >= 11 is 6.63. The average Bonchev–Trinajstić information content (AvgIpc) is 3.60. The number of hydrogen-bond donors (Lipinski definition) is 0. The van der Waals surface area contributed by atoms with Crippen molar-refractivity contribution in [3.8, 4) is 5.69 Å². The fourth-order valence-electron chi connectivity index (χ4n) is 7.95. The Morgan fingerprint density at radius 1 is 0.962 bits per heavy atom. The Hall–Kier alpha value is -4.94. The third kappa shape index (κ3) is 6.17. The number of rotatable bonds is 6. The molecule has 0 bridgehead atoms. The quantitative estimate of drug-likeness (QED) is 0.176. The predicted molar refractivity (Wildman–Crippen MR) is 196 cm³/mol. The number of hydrogen-bond acceptors (Lipinski definition) is 6. The van der Waals surface area contributed by atoms with Gasteiger partial charge in [-0.25, -0.2) is 28.5 Å². The molecule has 268 valence electrons. The lowest BCUT2D eigenvalue weighted by Crippen LogP contribution is -2.41. The van der Waals surface area contributed by atoms with Crippen LogP contribution in [0.3, 0.4) is 0 Å². The Morgan fingerprint density at radius 3 is 2.46 bits per heavy atom. The lowest BCUT2D eigenvalue weighted by atomic mass is 9.94. The van der Waals surface area contributed by atoms with Gasteiger partial charge in [0.2, 0.25) is 0 Å². The SMILES string of the molecule is CC(C)(C)CN1CCC(n2c(=O)n(-c3ccc(C(=O)N4CCc5c(n(Cc6ccc(F)cc6F)c6ncccc56)C4)cc3)c3c(Cl)ncnc32)CC1. The van der Waals surface area contributed by atoms with Gasteiger partial charge in [-0.3, -0.25) is 13.9 Å². The summed E-state index contributed by atoms with van der Waals surface area (Å²) in [5.74, 6) is -1.44. The molecule has 0 radical (unpaired) electrons. The van der Waals surface area contributed by atoms with Crippen molar-refractivity contribution in [1.82, 2.24) is 38.5 Å². The fourth-order valence-corrected chi connectivity index (χ4v) is 8.16. The second-order valence-electron chi connectivity index (χ2n) is 15.0. The maximum atomic E-state index is 14.8. The molecule has 6 heterocycles. The predicted octanol–water partition coefficient (Wildman–Crippen LogP) is 6.79. The van der Waals surface area contributed by atoms with Gasteiger partial charge in [-0.1, -0.05) is 38.4 Å². The highest BCUT2D eigenvalue weighted by molar-refractivity contribution is 6.33. The first-order chi connectivity index (χ1) is 25.0. The van der Waals surface area contributed by atoms with Crippen molar-refractivity contribution >= 4 is 39.7 Å². The molecule has 2 aliphatic heterocycles. The molecular formula is C39H39ClF2N8O2. The van der Waals surface area contributed by atoms with Crippen molar-refractivity contribution < 1.29 is 13.6 Å². The van der Waals surface area contributed by atoms with E-state index in [4.69, 9.17) is 11.6 Å². The third-order valence-corrected chi connectivity index (χ3v) is 10.5. The van der Waals surface area contributed by atoms with Gasteiger partial charge < -0.3 is 14.4 Å². The van der Waals surface area contributed by atoms with E-state index in [2.05, 4.69) is 40.6 Å². The van der Waals surface area contributed by atoms with Gasteiger partial charge in [0.15, 0.2) is 10.8 Å². The van der Waals surface area contributed by atoms with Crippen LogP contribution in [0.15, 0.2) is 71.9 Å². The minimum atomic E-state index is -0.638. The Kier molecular flexibility index (Phi) is 8.70. The van der Waals surface area contributed by atoms with Crippen molar-refractivity contribution in [2.45, 2.75) is 59.2 Å². The normalized spacial score (nSPS) is 15.8. The summed E-state index contributed by atoms with van der Waals surface area (Å²) in [7, 11) is 0. The van der Waals surface area contributed by atoms with Gasteiger partial charge in [0, 0.05) is 66.7 Å². The summed E-state index contributed by atoms with van der Waals surface area (Å²) in [5.41, 5.74) is 4.86. The van der Waals surface area contributed by atoms with Crippen molar-refractivity contribution in [1.29, 1.82) is 0 Å². The number of likely N-dealkylation sites (tertiary alicyclic amines) is 1. The van der Waals surface area contributed by atoms with Crippen LogP contribution >= 0.6 is 11.6 Å². The molecule has 0 spiro atoms. The van der Waals surface area contributed by atoms with Gasteiger partial charge in [0.25, 0.3) is 5.91 Å². The molecule has 2 aromatic carbocycles. The number of carbonyl (C=O) groups is 1. The summed E-state index contributed by atoms with van der Waals surface area (Å²) in [5, 5.41) is 1.14. The third-order valence-electron chi connectivity index (χ3n) is 10.2. The van der Waals surface area contributed by atoms with E-state index < -0.39 is 11.6 Å². The van der Waals surface area contributed by atoms with E-state index in [0.717, 1.165) is 55.2 Å². The number of benzene rings is 2. The molecule has 4 aromatic heterocycles. The largest absolute Gasteiger partial charge is 0.335 e. The van der Waals surface area contributed by atoms with E-state index in [0.29, 0.717) is 53.1 Å². The van der Waals surface area contributed by atoms with E-state index in [1.165, 1.54) is 18.5 Å².